The minimum Gasteiger partial charge on any atom is -0.350 e. The molecule has 5 heteroatoms. The zero-order valence-corrected chi connectivity index (χ0v) is 12.1. The number of hydrogen-bond donors (Lipinski definition) is 0. The first-order chi connectivity index (χ1) is 9.20. The first kappa shape index (κ1) is 12.8. The molecule has 4 nitrogen and oxygen atoms in total. The van der Waals surface area contributed by atoms with E-state index in [4.69, 9.17) is 16.6 Å². The van der Waals surface area contributed by atoms with Gasteiger partial charge in [0.15, 0.2) is 5.82 Å². The first-order valence-corrected chi connectivity index (χ1v) is 7.21. The lowest BCUT2D eigenvalue weighted by molar-refractivity contribution is 0.274. The fourth-order valence-electron chi connectivity index (χ4n) is 2.84. The molecule has 0 spiro atoms. The van der Waals surface area contributed by atoms with Crippen LogP contribution in [0.4, 0.5) is 5.82 Å². The predicted octanol–water partition coefficient (Wildman–Crippen LogP) is 2.21. The van der Waals surface area contributed by atoms with Crippen molar-refractivity contribution in [3.05, 3.63) is 30.1 Å². The molecule has 0 radical (unpaired) electrons. The van der Waals surface area contributed by atoms with Gasteiger partial charge in [0.05, 0.1) is 11.6 Å². The molecule has 0 amide bonds. The van der Waals surface area contributed by atoms with Crippen LogP contribution in [0, 0.1) is 0 Å². The van der Waals surface area contributed by atoms with Crippen LogP contribution in [0.15, 0.2) is 24.4 Å². The Labute approximate surface area is 118 Å². The number of piperazine rings is 1. The Kier molecular flexibility index (Phi) is 3.37. The number of hydrogen-bond acceptors (Lipinski definition) is 3. The van der Waals surface area contributed by atoms with Crippen LogP contribution in [0.2, 0.25) is 0 Å². The molecule has 19 heavy (non-hydrogen) atoms. The minimum atomic E-state index is 0.464. The molecule has 1 aliphatic heterocycles. The second-order valence-corrected chi connectivity index (χ2v) is 5.52. The molecule has 0 bridgehead atoms. The summed E-state index contributed by atoms with van der Waals surface area (Å²) in [5.74, 6) is 1.53. The maximum atomic E-state index is 6.15. The Morgan fingerprint density at radius 2 is 2.21 bits per heavy atom. The number of rotatable bonds is 2. The SMILES string of the molecule is CC1CN(C)CCN1c1nc2ccccn2c1CCl. The average molecular weight is 279 g/mol. The highest BCUT2D eigenvalue weighted by Gasteiger charge is 2.26. The van der Waals surface area contributed by atoms with Crippen LogP contribution in [0.1, 0.15) is 12.6 Å². The summed E-state index contributed by atoms with van der Waals surface area (Å²) in [4.78, 5) is 9.51. The van der Waals surface area contributed by atoms with Crippen molar-refractivity contribution in [3.63, 3.8) is 0 Å². The topological polar surface area (TPSA) is 23.8 Å². The van der Waals surface area contributed by atoms with E-state index >= 15 is 0 Å². The molecule has 0 aromatic carbocycles. The molecule has 3 heterocycles. The van der Waals surface area contributed by atoms with Gasteiger partial charge >= 0.3 is 0 Å². The van der Waals surface area contributed by atoms with Crippen molar-refractivity contribution >= 4 is 23.1 Å². The highest BCUT2D eigenvalue weighted by atomic mass is 35.5. The highest BCUT2D eigenvalue weighted by Crippen LogP contribution is 2.26. The Morgan fingerprint density at radius 3 is 2.95 bits per heavy atom. The van der Waals surface area contributed by atoms with Crippen molar-refractivity contribution in [2.75, 3.05) is 31.6 Å². The van der Waals surface area contributed by atoms with Crippen LogP contribution in [0.25, 0.3) is 5.65 Å². The second kappa shape index (κ2) is 5.02. The van der Waals surface area contributed by atoms with E-state index in [2.05, 4.69) is 28.2 Å². The standard InChI is InChI=1S/C14H19ClN4/c1-11-10-17(2)7-8-18(11)14-12(9-15)19-6-4-3-5-13(19)16-14/h3-6,11H,7-10H2,1-2H3. The van der Waals surface area contributed by atoms with Gasteiger partial charge in [0.25, 0.3) is 0 Å². The lowest BCUT2D eigenvalue weighted by atomic mass is 10.2. The van der Waals surface area contributed by atoms with E-state index < -0.39 is 0 Å². The van der Waals surface area contributed by atoms with Crippen molar-refractivity contribution < 1.29 is 0 Å². The number of pyridine rings is 1. The molecule has 1 saturated heterocycles. The van der Waals surface area contributed by atoms with E-state index in [1.54, 1.807) is 0 Å². The molecule has 1 unspecified atom stereocenters. The number of halogens is 1. The molecule has 2 aromatic rings. The van der Waals surface area contributed by atoms with Crippen LogP contribution in [-0.2, 0) is 5.88 Å². The van der Waals surface area contributed by atoms with Crippen LogP contribution < -0.4 is 4.90 Å². The molecule has 0 saturated carbocycles. The van der Waals surface area contributed by atoms with Gasteiger partial charge in [0.2, 0.25) is 0 Å². The fraction of sp³-hybridized carbons (Fsp3) is 0.500. The van der Waals surface area contributed by atoms with Gasteiger partial charge in [-0.15, -0.1) is 11.6 Å². The summed E-state index contributed by atoms with van der Waals surface area (Å²) in [6.45, 7) is 5.39. The summed E-state index contributed by atoms with van der Waals surface area (Å²) < 4.78 is 2.09. The zero-order chi connectivity index (χ0) is 13.4. The monoisotopic (exact) mass is 278 g/mol. The van der Waals surface area contributed by atoms with Gasteiger partial charge in [-0.1, -0.05) is 6.07 Å². The van der Waals surface area contributed by atoms with Crippen molar-refractivity contribution in [3.8, 4) is 0 Å². The Balaban J connectivity index is 2.04. The van der Waals surface area contributed by atoms with Gasteiger partial charge < -0.3 is 14.2 Å². The third-order valence-corrected chi connectivity index (χ3v) is 4.09. The van der Waals surface area contributed by atoms with Gasteiger partial charge in [0.1, 0.15) is 5.65 Å². The quantitative estimate of drug-likeness (QED) is 0.787. The number of fused-ring (bicyclic) bond motifs is 1. The predicted molar refractivity (Wildman–Crippen MR) is 79.1 cm³/mol. The Morgan fingerprint density at radius 1 is 1.37 bits per heavy atom. The lowest BCUT2D eigenvalue weighted by Gasteiger charge is -2.38. The third kappa shape index (κ3) is 2.19. The molecule has 1 atom stereocenters. The Hall–Kier alpha value is -1.26. The maximum Gasteiger partial charge on any atom is 0.152 e. The van der Waals surface area contributed by atoms with Gasteiger partial charge in [-0.3, -0.25) is 0 Å². The first-order valence-electron chi connectivity index (χ1n) is 6.68. The molecule has 0 aliphatic carbocycles. The molecule has 2 aromatic heterocycles. The van der Waals surface area contributed by atoms with Gasteiger partial charge in [0, 0.05) is 31.9 Å². The van der Waals surface area contributed by atoms with Crippen molar-refractivity contribution in [2.24, 2.45) is 0 Å². The fourth-order valence-corrected chi connectivity index (χ4v) is 3.09. The highest BCUT2D eigenvalue weighted by molar-refractivity contribution is 6.17. The summed E-state index contributed by atoms with van der Waals surface area (Å²) in [6, 6.07) is 6.52. The summed E-state index contributed by atoms with van der Waals surface area (Å²) in [5, 5.41) is 0. The van der Waals surface area contributed by atoms with Gasteiger partial charge in [-0.25, -0.2) is 4.98 Å². The Bertz CT molecular complexity index is 580. The van der Waals surface area contributed by atoms with E-state index in [1.807, 2.05) is 24.4 Å². The number of nitrogens with zero attached hydrogens (tertiary/aromatic N) is 4. The lowest BCUT2D eigenvalue weighted by Crippen LogP contribution is -2.51. The van der Waals surface area contributed by atoms with Gasteiger partial charge in [-0.05, 0) is 26.1 Å². The molecule has 102 valence electrons. The number of aromatic nitrogens is 2. The van der Waals surface area contributed by atoms with E-state index in [0.717, 1.165) is 36.8 Å². The van der Waals surface area contributed by atoms with E-state index in [9.17, 15) is 0 Å². The van der Waals surface area contributed by atoms with Crippen LogP contribution in [0.5, 0.6) is 0 Å². The number of likely N-dealkylation sites (N-methyl/N-ethyl adjacent to an activating group) is 1. The number of anilines is 1. The molecular weight excluding hydrogens is 260 g/mol. The smallest absolute Gasteiger partial charge is 0.152 e. The van der Waals surface area contributed by atoms with Crippen LogP contribution >= 0.6 is 11.6 Å². The van der Waals surface area contributed by atoms with Gasteiger partial charge in [-0.2, -0.15) is 0 Å². The summed E-state index contributed by atoms with van der Waals surface area (Å²) in [6.07, 6.45) is 2.03. The van der Waals surface area contributed by atoms with Crippen LogP contribution in [0.3, 0.4) is 0 Å². The molecule has 1 fully saturated rings. The molecule has 1 aliphatic rings. The van der Waals surface area contributed by atoms with E-state index in [0.29, 0.717) is 11.9 Å². The third-order valence-electron chi connectivity index (χ3n) is 3.84. The largest absolute Gasteiger partial charge is 0.350 e. The summed E-state index contributed by atoms with van der Waals surface area (Å²) in [7, 11) is 2.17. The second-order valence-electron chi connectivity index (χ2n) is 5.25. The average Bonchev–Trinajstić information content (AvgIpc) is 2.76. The van der Waals surface area contributed by atoms with E-state index in [1.165, 1.54) is 0 Å². The zero-order valence-electron chi connectivity index (χ0n) is 11.4. The normalized spacial score (nSPS) is 21.2. The van der Waals surface area contributed by atoms with Crippen molar-refractivity contribution in [2.45, 2.75) is 18.8 Å². The summed E-state index contributed by atoms with van der Waals surface area (Å²) >= 11 is 6.15. The van der Waals surface area contributed by atoms with E-state index in [-0.39, 0.29) is 0 Å². The number of alkyl halides is 1. The molecule has 0 N–H and O–H groups in total. The molecular formula is C14H19ClN4. The minimum absolute atomic E-state index is 0.464. The van der Waals surface area contributed by atoms with Crippen molar-refractivity contribution in [1.82, 2.24) is 14.3 Å². The van der Waals surface area contributed by atoms with Crippen molar-refractivity contribution in [1.29, 1.82) is 0 Å². The summed E-state index contributed by atoms with van der Waals surface area (Å²) in [5.41, 5.74) is 2.06. The number of imidazole rings is 1. The maximum absolute atomic E-state index is 6.15. The molecule has 3 rings (SSSR count). The van der Waals surface area contributed by atoms with Crippen LogP contribution in [-0.4, -0.2) is 47.0 Å².